The number of aromatic nitrogens is 4. The number of nitrogens with zero attached hydrogens (tertiary/aromatic N) is 4. The van der Waals surface area contributed by atoms with Gasteiger partial charge in [-0.15, -0.1) is 0 Å². The van der Waals surface area contributed by atoms with Crippen LogP contribution in [-0.4, -0.2) is 52.0 Å². The molecule has 1 N–H and O–H groups in total. The number of H-pyrrole nitrogens is 1. The van der Waals surface area contributed by atoms with Gasteiger partial charge in [0.15, 0.2) is 5.65 Å². The molecule has 3 aromatic heterocycles. The van der Waals surface area contributed by atoms with Crippen LogP contribution in [0, 0.1) is 0 Å². The summed E-state index contributed by atoms with van der Waals surface area (Å²) in [4.78, 5) is 14.9. The zero-order chi connectivity index (χ0) is 17.4. The van der Waals surface area contributed by atoms with E-state index in [1.807, 2.05) is 42.7 Å². The van der Waals surface area contributed by atoms with Gasteiger partial charge in [0.25, 0.3) is 0 Å². The van der Waals surface area contributed by atoms with Crippen molar-refractivity contribution in [1.29, 1.82) is 0 Å². The SMILES string of the molecule is COc1ccc(-c2nc(CCN(C)C)n3c2cnc2[nH]ccc23)cc1. The van der Waals surface area contributed by atoms with E-state index in [-0.39, 0.29) is 0 Å². The average molecular weight is 335 g/mol. The molecule has 4 aromatic rings. The first-order valence-corrected chi connectivity index (χ1v) is 8.30. The smallest absolute Gasteiger partial charge is 0.154 e. The van der Waals surface area contributed by atoms with Gasteiger partial charge in [-0.3, -0.25) is 4.40 Å². The molecule has 0 aliphatic heterocycles. The fourth-order valence-electron chi connectivity index (χ4n) is 3.08. The van der Waals surface area contributed by atoms with Crippen molar-refractivity contribution in [3.8, 4) is 17.0 Å². The summed E-state index contributed by atoms with van der Waals surface area (Å²) >= 11 is 0. The van der Waals surface area contributed by atoms with Gasteiger partial charge in [0.05, 0.1) is 30.0 Å². The molecule has 0 bridgehead atoms. The van der Waals surface area contributed by atoms with Crippen molar-refractivity contribution in [1.82, 2.24) is 24.3 Å². The maximum atomic E-state index is 5.26. The van der Waals surface area contributed by atoms with Gasteiger partial charge in [-0.05, 0) is 44.4 Å². The molecule has 3 heterocycles. The molecular weight excluding hydrogens is 314 g/mol. The molecule has 1 aromatic carbocycles. The number of hydrogen-bond donors (Lipinski definition) is 1. The molecule has 4 rings (SSSR count). The maximum Gasteiger partial charge on any atom is 0.154 e. The highest BCUT2D eigenvalue weighted by molar-refractivity contribution is 5.84. The maximum absolute atomic E-state index is 5.26. The molecule has 0 spiro atoms. The summed E-state index contributed by atoms with van der Waals surface area (Å²) in [5.41, 5.74) is 4.96. The third kappa shape index (κ3) is 2.74. The van der Waals surface area contributed by atoms with Gasteiger partial charge in [-0.2, -0.15) is 0 Å². The number of rotatable bonds is 5. The second-order valence-corrected chi connectivity index (χ2v) is 6.35. The second kappa shape index (κ2) is 6.22. The number of methoxy groups -OCH3 is 1. The highest BCUT2D eigenvalue weighted by atomic mass is 16.5. The summed E-state index contributed by atoms with van der Waals surface area (Å²) in [5.74, 6) is 1.88. The number of fused-ring (bicyclic) bond motifs is 3. The molecular formula is C19H21N5O. The van der Waals surface area contributed by atoms with Crippen LogP contribution in [0.5, 0.6) is 5.75 Å². The topological polar surface area (TPSA) is 58.4 Å². The fraction of sp³-hybridized carbons (Fsp3) is 0.263. The van der Waals surface area contributed by atoms with E-state index in [9.17, 15) is 0 Å². The minimum atomic E-state index is 0.839. The Morgan fingerprint density at radius 2 is 1.92 bits per heavy atom. The van der Waals surface area contributed by atoms with Crippen molar-refractivity contribution in [2.45, 2.75) is 6.42 Å². The van der Waals surface area contributed by atoms with Crippen molar-refractivity contribution in [2.75, 3.05) is 27.7 Å². The number of likely N-dealkylation sites (N-methyl/N-ethyl adjacent to an activating group) is 1. The van der Waals surface area contributed by atoms with Crippen molar-refractivity contribution in [3.63, 3.8) is 0 Å². The van der Waals surface area contributed by atoms with Gasteiger partial charge in [-0.25, -0.2) is 9.97 Å². The average Bonchev–Trinajstić information content (AvgIpc) is 3.24. The Morgan fingerprint density at radius 3 is 2.64 bits per heavy atom. The predicted molar refractivity (Wildman–Crippen MR) is 99.1 cm³/mol. The lowest BCUT2D eigenvalue weighted by Crippen LogP contribution is -2.16. The molecule has 0 fully saturated rings. The fourth-order valence-corrected chi connectivity index (χ4v) is 3.08. The standard InChI is InChI=1S/C19H21N5O/c1-23(2)11-9-17-22-18(13-4-6-14(25-3)7-5-13)16-12-21-19-15(24(16)17)8-10-20-19/h4-8,10,12,20H,9,11H2,1-3H3. The Kier molecular flexibility index (Phi) is 3.89. The van der Waals surface area contributed by atoms with Crippen LogP contribution in [0.15, 0.2) is 42.7 Å². The lowest BCUT2D eigenvalue weighted by molar-refractivity contribution is 0.409. The van der Waals surface area contributed by atoms with Crippen LogP contribution < -0.4 is 4.74 Å². The molecule has 0 aliphatic rings. The number of aromatic amines is 1. The predicted octanol–water partition coefficient (Wildman–Crippen LogP) is 2.99. The van der Waals surface area contributed by atoms with Gasteiger partial charge in [0.1, 0.15) is 11.6 Å². The highest BCUT2D eigenvalue weighted by Gasteiger charge is 2.16. The van der Waals surface area contributed by atoms with Crippen LogP contribution in [0.3, 0.4) is 0 Å². The van der Waals surface area contributed by atoms with Crippen LogP contribution in [0.4, 0.5) is 0 Å². The quantitative estimate of drug-likeness (QED) is 0.609. The Balaban J connectivity index is 1.91. The molecule has 0 saturated carbocycles. The normalized spacial score (nSPS) is 11.7. The lowest BCUT2D eigenvalue weighted by atomic mass is 10.1. The number of hydrogen-bond acceptors (Lipinski definition) is 4. The van der Waals surface area contributed by atoms with E-state index in [0.717, 1.165) is 52.5 Å². The zero-order valence-corrected chi connectivity index (χ0v) is 14.7. The molecule has 6 heteroatoms. The molecule has 128 valence electrons. The first-order chi connectivity index (χ1) is 12.2. The first kappa shape index (κ1) is 15.7. The molecule has 0 radical (unpaired) electrons. The molecule has 0 amide bonds. The van der Waals surface area contributed by atoms with E-state index in [1.54, 1.807) is 7.11 Å². The van der Waals surface area contributed by atoms with Gasteiger partial charge < -0.3 is 14.6 Å². The van der Waals surface area contributed by atoms with E-state index in [2.05, 4.69) is 33.4 Å². The first-order valence-electron chi connectivity index (χ1n) is 8.30. The van der Waals surface area contributed by atoms with Crippen LogP contribution >= 0.6 is 0 Å². The largest absolute Gasteiger partial charge is 0.497 e. The third-order valence-corrected chi connectivity index (χ3v) is 4.39. The van der Waals surface area contributed by atoms with Crippen LogP contribution in [-0.2, 0) is 6.42 Å². The van der Waals surface area contributed by atoms with E-state index in [1.165, 1.54) is 0 Å². The minimum Gasteiger partial charge on any atom is -0.497 e. The summed E-state index contributed by atoms with van der Waals surface area (Å²) in [6.07, 6.45) is 4.68. The number of imidazole rings is 1. The lowest BCUT2D eigenvalue weighted by Gasteiger charge is -2.08. The van der Waals surface area contributed by atoms with Gasteiger partial charge >= 0.3 is 0 Å². The molecule has 0 saturated heterocycles. The van der Waals surface area contributed by atoms with Gasteiger partial charge in [-0.1, -0.05) is 0 Å². The van der Waals surface area contributed by atoms with E-state index in [4.69, 9.17) is 9.72 Å². The van der Waals surface area contributed by atoms with Crippen molar-refractivity contribution >= 4 is 16.7 Å². The van der Waals surface area contributed by atoms with Gasteiger partial charge in [0.2, 0.25) is 0 Å². The van der Waals surface area contributed by atoms with Crippen LogP contribution in [0.2, 0.25) is 0 Å². The Hall–Kier alpha value is -2.86. The minimum absolute atomic E-state index is 0.839. The summed E-state index contributed by atoms with van der Waals surface area (Å²) < 4.78 is 7.47. The van der Waals surface area contributed by atoms with Gasteiger partial charge in [0, 0.05) is 24.7 Å². The Labute approximate surface area is 146 Å². The Bertz CT molecular complexity index is 1010. The second-order valence-electron chi connectivity index (χ2n) is 6.35. The number of nitrogens with one attached hydrogen (secondary N) is 1. The van der Waals surface area contributed by atoms with E-state index in [0.29, 0.717) is 0 Å². The molecule has 25 heavy (non-hydrogen) atoms. The molecule has 6 nitrogen and oxygen atoms in total. The highest BCUT2D eigenvalue weighted by Crippen LogP contribution is 2.28. The van der Waals surface area contributed by atoms with E-state index >= 15 is 0 Å². The van der Waals surface area contributed by atoms with Crippen LogP contribution in [0.1, 0.15) is 5.82 Å². The summed E-state index contributed by atoms with van der Waals surface area (Å²) in [6.45, 7) is 0.940. The van der Waals surface area contributed by atoms with Crippen molar-refractivity contribution < 1.29 is 4.74 Å². The van der Waals surface area contributed by atoms with Crippen molar-refractivity contribution in [2.24, 2.45) is 0 Å². The third-order valence-electron chi connectivity index (χ3n) is 4.39. The monoisotopic (exact) mass is 335 g/mol. The summed E-state index contributed by atoms with van der Waals surface area (Å²) in [5, 5.41) is 0. The van der Waals surface area contributed by atoms with Crippen molar-refractivity contribution in [3.05, 3.63) is 48.5 Å². The number of benzene rings is 1. The van der Waals surface area contributed by atoms with Crippen LogP contribution in [0.25, 0.3) is 27.9 Å². The number of ether oxygens (including phenoxy) is 1. The molecule has 0 unspecified atom stereocenters. The summed E-state index contributed by atoms with van der Waals surface area (Å²) in [6, 6.07) is 10.1. The van der Waals surface area contributed by atoms with E-state index < -0.39 is 0 Å². The molecule has 0 atom stereocenters. The zero-order valence-electron chi connectivity index (χ0n) is 14.7. The molecule has 0 aliphatic carbocycles. The Morgan fingerprint density at radius 1 is 1.12 bits per heavy atom. The summed E-state index contributed by atoms with van der Waals surface area (Å²) in [7, 11) is 5.83.